The van der Waals surface area contributed by atoms with Crippen LogP contribution in [0.1, 0.15) is 33.6 Å². The number of allylic oxidation sites excluding steroid dienone is 1. The van der Waals surface area contributed by atoms with Crippen LogP contribution in [-0.4, -0.2) is 5.78 Å². The second-order valence-electron chi connectivity index (χ2n) is 5.10. The fourth-order valence-electron chi connectivity index (χ4n) is 3.12. The van der Waals surface area contributed by atoms with Crippen molar-refractivity contribution in [1.82, 2.24) is 0 Å². The number of carbonyl (C=O) groups is 1. The topological polar surface area (TPSA) is 43.1 Å². The van der Waals surface area contributed by atoms with Gasteiger partial charge in [0.1, 0.15) is 0 Å². The fraction of sp³-hybridized carbons (Fsp3) is 0.727. The summed E-state index contributed by atoms with van der Waals surface area (Å²) in [7, 11) is 0. The fourth-order valence-corrected chi connectivity index (χ4v) is 3.12. The molecule has 2 N–H and O–H groups in total. The maximum Gasteiger partial charge on any atom is 0.167 e. The molecule has 2 aliphatic carbocycles. The lowest BCUT2D eigenvalue weighted by atomic mass is 9.70. The molecule has 0 aromatic carbocycles. The molecule has 0 saturated heterocycles. The van der Waals surface area contributed by atoms with Gasteiger partial charge < -0.3 is 5.73 Å². The second kappa shape index (κ2) is 2.17. The van der Waals surface area contributed by atoms with Gasteiger partial charge in [-0.25, -0.2) is 0 Å². The third-order valence-electron chi connectivity index (χ3n) is 4.54. The van der Waals surface area contributed by atoms with Crippen LogP contribution in [0.3, 0.4) is 0 Å². The van der Waals surface area contributed by atoms with Gasteiger partial charge in [0.2, 0.25) is 0 Å². The molecule has 0 amide bonds. The summed E-state index contributed by atoms with van der Waals surface area (Å²) in [6.07, 6.45) is 3.68. The minimum absolute atomic E-state index is 0.106. The Morgan fingerprint density at radius 1 is 1.46 bits per heavy atom. The number of hydrogen-bond donors (Lipinski definition) is 1. The van der Waals surface area contributed by atoms with E-state index in [1.807, 2.05) is 0 Å². The van der Waals surface area contributed by atoms with Gasteiger partial charge in [0.15, 0.2) is 5.78 Å². The van der Waals surface area contributed by atoms with E-state index in [9.17, 15) is 4.79 Å². The largest absolute Gasteiger partial charge is 0.404 e. The van der Waals surface area contributed by atoms with E-state index in [1.165, 1.54) is 6.20 Å². The van der Waals surface area contributed by atoms with Crippen LogP contribution >= 0.6 is 0 Å². The van der Waals surface area contributed by atoms with Crippen LogP contribution in [0.4, 0.5) is 0 Å². The molecule has 0 aromatic heterocycles. The van der Waals surface area contributed by atoms with E-state index in [1.54, 1.807) is 0 Å². The smallest absolute Gasteiger partial charge is 0.167 e. The van der Waals surface area contributed by atoms with E-state index in [-0.39, 0.29) is 16.6 Å². The summed E-state index contributed by atoms with van der Waals surface area (Å²) >= 11 is 0. The molecule has 0 aromatic rings. The highest BCUT2D eigenvalue weighted by molar-refractivity contribution is 6.04. The Kier molecular flexibility index (Phi) is 1.47. The Bertz CT molecular complexity index is 303. The molecule has 2 aliphatic rings. The highest BCUT2D eigenvalue weighted by Crippen LogP contribution is 2.65. The number of hydrogen-bond acceptors (Lipinski definition) is 2. The Labute approximate surface area is 79.2 Å². The highest BCUT2D eigenvalue weighted by Gasteiger charge is 2.63. The number of carbonyl (C=O) groups excluding carboxylic acids is 1. The van der Waals surface area contributed by atoms with Gasteiger partial charge in [0.05, 0.1) is 0 Å². The highest BCUT2D eigenvalue weighted by atomic mass is 16.1. The minimum Gasteiger partial charge on any atom is -0.404 e. The lowest BCUT2D eigenvalue weighted by Gasteiger charge is -2.31. The average molecular weight is 179 g/mol. The predicted molar refractivity (Wildman–Crippen MR) is 51.9 cm³/mol. The maximum absolute atomic E-state index is 12.0. The molecular weight excluding hydrogens is 162 g/mol. The molecular formula is C11H17NO. The lowest BCUT2D eigenvalue weighted by molar-refractivity contribution is -0.125. The Balaban J connectivity index is 2.57. The summed E-state index contributed by atoms with van der Waals surface area (Å²) < 4.78 is 0. The molecule has 0 radical (unpaired) electrons. The van der Waals surface area contributed by atoms with Crippen LogP contribution in [0.25, 0.3) is 0 Å². The van der Waals surface area contributed by atoms with Crippen LogP contribution in [-0.2, 0) is 4.79 Å². The van der Waals surface area contributed by atoms with Crippen molar-refractivity contribution in [3.63, 3.8) is 0 Å². The van der Waals surface area contributed by atoms with Gasteiger partial charge in [0.25, 0.3) is 0 Å². The standard InChI is InChI=1S/C11H17NO/c1-10(2)8-4-5-11(10,3)9(13)7(8)6-12/h6,8H,4-5,12H2,1-3H3/b7-6+. The summed E-state index contributed by atoms with van der Waals surface area (Å²) in [6, 6.07) is 0. The second-order valence-corrected chi connectivity index (χ2v) is 5.10. The maximum atomic E-state index is 12.0. The predicted octanol–water partition coefficient (Wildman–Crippen LogP) is 1.85. The van der Waals surface area contributed by atoms with E-state index in [0.29, 0.717) is 5.92 Å². The number of nitrogens with two attached hydrogens (primary N) is 1. The van der Waals surface area contributed by atoms with Crippen LogP contribution in [0.2, 0.25) is 0 Å². The first-order chi connectivity index (χ1) is 5.95. The quantitative estimate of drug-likeness (QED) is 0.577. The van der Waals surface area contributed by atoms with Crippen LogP contribution in [0.15, 0.2) is 11.8 Å². The van der Waals surface area contributed by atoms with Crippen molar-refractivity contribution in [3.05, 3.63) is 11.8 Å². The van der Waals surface area contributed by atoms with Gasteiger partial charge in [-0.15, -0.1) is 0 Å². The molecule has 2 saturated carbocycles. The van der Waals surface area contributed by atoms with E-state index in [0.717, 1.165) is 18.4 Å². The van der Waals surface area contributed by atoms with Crippen molar-refractivity contribution >= 4 is 5.78 Å². The SMILES string of the molecule is CC12CCC(/C(=C\N)C1=O)C2(C)C. The van der Waals surface area contributed by atoms with E-state index in [2.05, 4.69) is 20.8 Å². The van der Waals surface area contributed by atoms with Gasteiger partial charge in [0, 0.05) is 17.2 Å². The van der Waals surface area contributed by atoms with E-state index in [4.69, 9.17) is 5.73 Å². The van der Waals surface area contributed by atoms with Crippen molar-refractivity contribution in [1.29, 1.82) is 0 Å². The van der Waals surface area contributed by atoms with Gasteiger partial charge in [-0.3, -0.25) is 4.79 Å². The van der Waals surface area contributed by atoms with Crippen molar-refractivity contribution < 1.29 is 4.79 Å². The Morgan fingerprint density at radius 2 is 2.08 bits per heavy atom. The molecule has 2 unspecified atom stereocenters. The molecule has 2 bridgehead atoms. The third kappa shape index (κ3) is 0.725. The molecule has 0 aliphatic heterocycles. The van der Waals surface area contributed by atoms with Crippen molar-refractivity contribution in [2.24, 2.45) is 22.5 Å². The Hall–Kier alpha value is -0.790. The molecule has 0 heterocycles. The van der Waals surface area contributed by atoms with Crippen molar-refractivity contribution in [2.75, 3.05) is 0 Å². The minimum atomic E-state index is -0.150. The molecule has 72 valence electrons. The molecule has 0 spiro atoms. The van der Waals surface area contributed by atoms with Crippen molar-refractivity contribution in [3.8, 4) is 0 Å². The molecule has 2 rings (SSSR count). The van der Waals surface area contributed by atoms with Crippen LogP contribution in [0.5, 0.6) is 0 Å². The van der Waals surface area contributed by atoms with Gasteiger partial charge in [-0.2, -0.15) is 0 Å². The van der Waals surface area contributed by atoms with E-state index >= 15 is 0 Å². The molecule has 13 heavy (non-hydrogen) atoms. The first-order valence-electron chi connectivity index (χ1n) is 4.92. The van der Waals surface area contributed by atoms with Gasteiger partial charge >= 0.3 is 0 Å². The molecule has 2 fully saturated rings. The normalized spacial score (nSPS) is 44.7. The number of fused-ring (bicyclic) bond motifs is 2. The van der Waals surface area contributed by atoms with Crippen LogP contribution in [0, 0.1) is 16.7 Å². The zero-order valence-electron chi connectivity index (χ0n) is 8.55. The summed E-state index contributed by atoms with van der Waals surface area (Å²) in [5.41, 5.74) is 6.34. The summed E-state index contributed by atoms with van der Waals surface area (Å²) in [6.45, 7) is 6.48. The lowest BCUT2D eigenvalue weighted by Crippen LogP contribution is -2.32. The van der Waals surface area contributed by atoms with E-state index < -0.39 is 0 Å². The zero-order chi connectivity index (χ0) is 9.85. The van der Waals surface area contributed by atoms with Gasteiger partial charge in [-0.1, -0.05) is 20.8 Å². The van der Waals surface area contributed by atoms with Crippen LogP contribution < -0.4 is 5.73 Å². The monoisotopic (exact) mass is 179 g/mol. The molecule has 2 nitrogen and oxygen atoms in total. The number of rotatable bonds is 0. The summed E-state index contributed by atoms with van der Waals surface area (Å²) in [5.74, 6) is 0.686. The molecule has 2 atom stereocenters. The number of Topliss-reactive ketones (excluding diaryl/α,β-unsaturated/α-hetero) is 1. The first-order valence-corrected chi connectivity index (χ1v) is 4.92. The van der Waals surface area contributed by atoms with Gasteiger partial charge in [-0.05, 0) is 24.2 Å². The zero-order valence-corrected chi connectivity index (χ0v) is 8.55. The number of ketones is 1. The average Bonchev–Trinajstić information content (AvgIpc) is 2.36. The van der Waals surface area contributed by atoms with Crippen molar-refractivity contribution in [2.45, 2.75) is 33.6 Å². The summed E-state index contributed by atoms with van der Waals surface area (Å²) in [4.78, 5) is 12.0. The third-order valence-corrected chi connectivity index (χ3v) is 4.54. The first kappa shape index (κ1) is 8.79. The molecule has 2 heteroatoms. The Morgan fingerprint density at radius 3 is 2.38 bits per heavy atom. The summed E-state index contributed by atoms with van der Waals surface area (Å²) in [5, 5.41) is 0.